The maximum Gasteiger partial charge on any atom is 0.337 e. The van der Waals surface area contributed by atoms with Crippen LogP contribution in [0.2, 0.25) is 0 Å². The molecular weight excluding hydrogens is 496 g/mol. The summed E-state index contributed by atoms with van der Waals surface area (Å²) < 4.78 is 21.9. The first-order chi connectivity index (χ1) is 18.4. The van der Waals surface area contributed by atoms with Gasteiger partial charge in [-0.05, 0) is 37.6 Å². The first-order valence-electron chi connectivity index (χ1n) is 12.7. The standard InChI is InChI=1S/C27H36N2O9/c1-3-16-18(9-11-28-10-8-15-12-29-20-7-5-4-6-17(15)20)19(25(34)35-2)14-36-26(16)38-27-24(33)23(32)22(31)21(13-30)37-27/h3-7,12,14,16,18,21-24,26-33H,1,8-11,13H2,2H3/t16-,18+,21-,22-,23+,24-,26+,27+/m1/s1. The number of ether oxygens (including phenoxy) is 4. The molecule has 0 saturated carbocycles. The largest absolute Gasteiger partial charge is 0.471 e. The van der Waals surface area contributed by atoms with Crippen molar-refractivity contribution >= 4 is 16.9 Å². The van der Waals surface area contributed by atoms with Crippen molar-refractivity contribution in [2.75, 3.05) is 26.8 Å². The molecule has 3 heterocycles. The Morgan fingerprint density at radius 2 is 1.95 bits per heavy atom. The molecule has 0 spiro atoms. The molecule has 0 radical (unpaired) electrons. The van der Waals surface area contributed by atoms with Crippen molar-refractivity contribution in [1.82, 2.24) is 10.3 Å². The second kappa shape index (κ2) is 12.9. The molecule has 0 unspecified atom stereocenters. The Hall–Kier alpha value is -2.77. The number of nitrogens with one attached hydrogen (secondary N) is 2. The van der Waals surface area contributed by atoms with Gasteiger partial charge in [0.25, 0.3) is 0 Å². The minimum absolute atomic E-state index is 0.324. The number of aromatic amines is 1. The molecule has 2 aromatic rings. The number of methoxy groups -OCH3 is 1. The van der Waals surface area contributed by atoms with Crippen molar-refractivity contribution < 1.29 is 44.2 Å². The molecule has 1 aromatic heterocycles. The van der Waals surface area contributed by atoms with Crippen molar-refractivity contribution in [2.45, 2.75) is 49.8 Å². The summed E-state index contributed by atoms with van der Waals surface area (Å²) in [7, 11) is 1.29. The number of hydrogen-bond acceptors (Lipinski definition) is 10. The zero-order chi connectivity index (χ0) is 27.2. The number of fused-ring (bicyclic) bond motifs is 1. The third kappa shape index (κ3) is 5.94. The third-order valence-electron chi connectivity index (χ3n) is 7.20. The minimum Gasteiger partial charge on any atom is -0.471 e. The smallest absolute Gasteiger partial charge is 0.337 e. The van der Waals surface area contributed by atoms with E-state index < -0.39 is 55.5 Å². The van der Waals surface area contributed by atoms with Crippen molar-refractivity contribution in [3.05, 3.63) is 60.5 Å². The van der Waals surface area contributed by atoms with Crippen LogP contribution in [-0.4, -0.2) is 95.2 Å². The van der Waals surface area contributed by atoms with Gasteiger partial charge in [-0.3, -0.25) is 0 Å². The van der Waals surface area contributed by atoms with Gasteiger partial charge in [0.1, 0.15) is 24.4 Å². The molecule has 6 N–H and O–H groups in total. The normalized spacial score (nSPS) is 31.4. The van der Waals surface area contributed by atoms with Crippen LogP contribution in [0.5, 0.6) is 0 Å². The van der Waals surface area contributed by atoms with Crippen LogP contribution in [-0.2, 0) is 30.2 Å². The van der Waals surface area contributed by atoms with Gasteiger partial charge in [0, 0.05) is 28.9 Å². The molecule has 0 aliphatic carbocycles. The Labute approximate surface area is 220 Å². The van der Waals surface area contributed by atoms with Crippen LogP contribution in [0, 0.1) is 11.8 Å². The number of aliphatic hydroxyl groups is 4. The maximum absolute atomic E-state index is 12.5. The fourth-order valence-electron chi connectivity index (χ4n) is 5.04. The van der Waals surface area contributed by atoms with Crippen LogP contribution >= 0.6 is 0 Å². The molecule has 8 atom stereocenters. The first-order valence-corrected chi connectivity index (χ1v) is 12.7. The average molecular weight is 533 g/mol. The van der Waals surface area contributed by atoms with E-state index in [1.165, 1.54) is 24.3 Å². The van der Waals surface area contributed by atoms with E-state index in [9.17, 15) is 25.2 Å². The van der Waals surface area contributed by atoms with Gasteiger partial charge in [-0.15, -0.1) is 6.58 Å². The number of aliphatic hydroxyl groups excluding tert-OH is 4. The topological polar surface area (TPSA) is 163 Å². The van der Waals surface area contributed by atoms with E-state index in [2.05, 4.69) is 22.9 Å². The summed E-state index contributed by atoms with van der Waals surface area (Å²) >= 11 is 0. The van der Waals surface area contributed by atoms with Gasteiger partial charge in [0.05, 0.1) is 25.6 Å². The van der Waals surface area contributed by atoms with Crippen LogP contribution in [0.1, 0.15) is 12.0 Å². The number of carbonyl (C=O) groups is 1. The predicted octanol–water partition coefficient (Wildman–Crippen LogP) is 0.338. The van der Waals surface area contributed by atoms with Crippen LogP contribution in [0.3, 0.4) is 0 Å². The van der Waals surface area contributed by atoms with E-state index in [1.807, 2.05) is 24.4 Å². The predicted molar refractivity (Wildman–Crippen MR) is 136 cm³/mol. The molecule has 11 nitrogen and oxygen atoms in total. The summed E-state index contributed by atoms with van der Waals surface area (Å²) in [5, 5.41) is 44.6. The summed E-state index contributed by atoms with van der Waals surface area (Å²) in [6.07, 6.45) is -1.97. The van der Waals surface area contributed by atoms with Gasteiger partial charge in [-0.2, -0.15) is 0 Å². The molecule has 1 saturated heterocycles. The van der Waals surface area contributed by atoms with Gasteiger partial charge in [0.2, 0.25) is 6.29 Å². The monoisotopic (exact) mass is 532 g/mol. The van der Waals surface area contributed by atoms with E-state index in [0.29, 0.717) is 18.5 Å². The number of benzene rings is 1. The molecule has 2 aliphatic heterocycles. The summed E-state index contributed by atoms with van der Waals surface area (Å²) in [6.45, 7) is 4.61. The second-order valence-corrected chi connectivity index (χ2v) is 9.47. The first kappa shape index (κ1) is 28.2. The van der Waals surface area contributed by atoms with Crippen LogP contribution in [0.25, 0.3) is 10.9 Å². The molecule has 4 rings (SSSR count). The molecule has 11 heteroatoms. The Morgan fingerprint density at radius 1 is 1.16 bits per heavy atom. The van der Waals surface area contributed by atoms with Gasteiger partial charge in [-0.25, -0.2) is 4.79 Å². The lowest BCUT2D eigenvalue weighted by Gasteiger charge is -2.43. The molecule has 0 bridgehead atoms. The summed E-state index contributed by atoms with van der Waals surface area (Å²) in [4.78, 5) is 15.8. The minimum atomic E-state index is -1.59. The maximum atomic E-state index is 12.5. The molecular formula is C27H36N2O9. The highest BCUT2D eigenvalue weighted by molar-refractivity contribution is 5.89. The van der Waals surface area contributed by atoms with Crippen molar-refractivity contribution in [2.24, 2.45) is 11.8 Å². The number of rotatable bonds is 11. The molecule has 2 aliphatic rings. The van der Waals surface area contributed by atoms with Crippen molar-refractivity contribution in [3.8, 4) is 0 Å². The van der Waals surface area contributed by atoms with Gasteiger partial charge in [0.15, 0.2) is 6.29 Å². The highest BCUT2D eigenvalue weighted by Gasteiger charge is 2.47. The lowest BCUT2D eigenvalue weighted by molar-refractivity contribution is -0.339. The Morgan fingerprint density at radius 3 is 2.68 bits per heavy atom. The molecule has 0 amide bonds. The fourth-order valence-corrected chi connectivity index (χ4v) is 5.04. The Bertz CT molecular complexity index is 1120. The molecule has 38 heavy (non-hydrogen) atoms. The van der Waals surface area contributed by atoms with Crippen molar-refractivity contribution in [3.63, 3.8) is 0 Å². The SMILES string of the molecule is C=C[C@H]1[C@H](O[C@@H]2O[C@H](CO)[C@@H](O)[C@H](O)[C@H]2O)OC=C(C(=O)OC)[C@H]1CCNCCc1c[nH]c2ccccc12. The van der Waals surface area contributed by atoms with E-state index in [1.54, 1.807) is 6.08 Å². The van der Waals surface area contributed by atoms with Crippen LogP contribution in [0.15, 0.2) is 55.0 Å². The molecule has 1 fully saturated rings. The zero-order valence-electron chi connectivity index (χ0n) is 21.2. The number of hydrogen-bond donors (Lipinski definition) is 6. The Balaban J connectivity index is 1.39. The Kier molecular flexibility index (Phi) is 9.55. The number of carbonyl (C=O) groups excluding carboxylic acids is 1. The summed E-state index contributed by atoms with van der Waals surface area (Å²) in [5.41, 5.74) is 2.63. The summed E-state index contributed by atoms with van der Waals surface area (Å²) in [5.74, 6) is -1.45. The van der Waals surface area contributed by atoms with E-state index in [-0.39, 0.29) is 5.92 Å². The number of para-hydroxylation sites is 1. The summed E-state index contributed by atoms with van der Waals surface area (Å²) in [6, 6.07) is 8.12. The lowest BCUT2D eigenvalue weighted by atomic mass is 9.81. The van der Waals surface area contributed by atoms with E-state index in [0.717, 1.165) is 18.5 Å². The quantitative estimate of drug-likeness (QED) is 0.135. The zero-order valence-corrected chi connectivity index (χ0v) is 21.2. The number of esters is 1. The highest BCUT2D eigenvalue weighted by Crippen LogP contribution is 2.36. The number of aromatic nitrogens is 1. The number of H-pyrrole nitrogens is 1. The van der Waals surface area contributed by atoms with Gasteiger partial charge < -0.3 is 49.7 Å². The molecule has 1 aromatic carbocycles. The highest BCUT2D eigenvalue weighted by atomic mass is 16.8. The van der Waals surface area contributed by atoms with E-state index >= 15 is 0 Å². The van der Waals surface area contributed by atoms with E-state index in [4.69, 9.17) is 18.9 Å². The average Bonchev–Trinajstić information content (AvgIpc) is 3.35. The van der Waals surface area contributed by atoms with Gasteiger partial charge >= 0.3 is 5.97 Å². The van der Waals surface area contributed by atoms with Crippen LogP contribution < -0.4 is 5.32 Å². The lowest BCUT2D eigenvalue weighted by Crippen LogP contribution is -2.60. The second-order valence-electron chi connectivity index (χ2n) is 9.47. The third-order valence-corrected chi connectivity index (χ3v) is 7.20. The fraction of sp³-hybridized carbons (Fsp3) is 0.519. The molecule has 208 valence electrons. The van der Waals surface area contributed by atoms with Crippen LogP contribution in [0.4, 0.5) is 0 Å². The van der Waals surface area contributed by atoms with Crippen molar-refractivity contribution in [1.29, 1.82) is 0 Å². The van der Waals surface area contributed by atoms with Gasteiger partial charge in [-0.1, -0.05) is 24.3 Å².